The summed E-state index contributed by atoms with van der Waals surface area (Å²) in [4.78, 5) is 4.21. The van der Waals surface area contributed by atoms with Crippen molar-refractivity contribution in [2.45, 2.75) is 36.1 Å². The van der Waals surface area contributed by atoms with Crippen LogP contribution in [-0.4, -0.2) is 52.3 Å². The molecule has 1 saturated heterocycles. The second kappa shape index (κ2) is 8.21. The van der Waals surface area contributed by atoms with Gasteiger partial charge in [-0.25, -0.2) is 0 Å². The number of ether oxygens (including phenoxy) is 2. The SMILES string of the molecule is COCCc1cc(OC)ccc1-c1cc2c3c(c1)[C@@H]1CNCC[C@@H]1N3CCCS2. The van der Waals surface area contributed by atoms with Crippen LogP contribution in [0.3, 0.4) is 0 Å². The highest BCUT2D eigenvalue weighted by Crippen LogP contribution is 2.51. The molecule has 29 heavy (non-hydrogen) atoms. The number of nitrogens with zero attached hydrogens (tertiary/aromatic N) is 1. The van der Waals surface area contributed by atoms with E-state index < -0.39 is 0 Å². The molecule has 2 aromatic rings. The first-order chi connectivity index (χ1) is 14.3. The van der Waals surface area contributed by atoms with Gasteiger partial charge < -0.3 is 19.7 Å². The molecule has 0 amide bonds. The molecule has 3 aliphatic heterocycles. The van der Waals surface area contributed by atoms with Crippen LogP contribution in [0.1, 0.15) is 29.9 Å². The van der Waals surface area contributed by atoms with Crippen molar-refractivity contribution in [2.75, 3.05) is 51.1 Å². The predicted octanol–water partition coefficient (Wildman–Crippen LogP) is 4.31. The maximum Gasteiger partial charge on any atom is 0.119 e. The highest BCUT2D eigenvalue weighted by Gasteiger charge is 2.41. The van der Waals surface area contributed by atoms with Crippen LogP contribution in [0.4, 0.5) is 5.69 Å². The van der Waals surface area contributed by atoms with Crippen LogP contribution < -0.4 is 15.0 Å². The molecule has 0 saturated carbocycles. The Kier molecular flexibility index (Phi) is 5.46. The quantitative estimate of drug-likeness (QED) is 0.794. The molecule has 0 aliphatic carbocycles. The minimum Gasteiger partial charge on any atom is -0.497 e. The summed E-state index contributed by atoms with van der Waals surface area (Å²) in [6.45, 7) is 4.16. The van der Waals surface area contributed by atoms with Gasteiger partial charge in [-0.05, 0) is 78.1 Å². The smallest absolute Gasteiger partial charge is 0.119 e. The zero-order valence-corrected chi connectivity index (χ0v) is 18.2. The fraction of sp³-hybridized carbons (Fsp3) is 0.500. The van der Waals surface area contributed by atoms with Crippen LogP contribution in [0, 0.1) is 0 Å². The molecule has 4 nitrogen and oxygen atoms in total. The molecular weight excluding hydrogens is 380 g/mol. The molecule has 2 atom stereocenters. The van der Waals surface area contributed by atoms with Gasteiger partial charge >= 0.3 is 0 Å². The minimum absolute atomic E-state index is 0.608. The summed E-state index contributed by atoms with van der Waals surface area (Å²) in [6.07, 6.45) is 3.41. The van der Waals surface area contributed by atoms with E-state index in [9.17, 15) is 0 Å². The second-order valence-electron chi connectivity index (χ2n) is 8.24. The molecule has 0 spiro atoms. The summed E-state index contributed by atoms with van der Waals surface area (Å²) in [5.41, 5.74) is 7.03. The molecule has 5 rings (SSSR count). The lowest BCUT2D eigenvalue weighted by Crippen LogP contribution is -2.44. The number of thioether (sulfide) groups is 1. The average molecular weight is 411 g/mol. The van der Waals surface area contributed by atoms with Gasteiger partial charge in [0.05, 0.1) is 19.4 Å². The summed E-state index contributed by atoms with van der Waals surface area (Å²) in [6, 6.07) is 12.1. The van der Waals surface area contributed by atoms with Crippen LogP contribution in [0.2, 0.25) is 0 Å². The van der Waals surface area contributed by atoms with Gasteiger partial charge in [0.1, 0.15) is 5.75 Å². The van der Waals surface area contributed by atoms with E-state index >= 15 is 0 Å². The Labute approximate surface area is 178 Å². The number of fused-ring (bicyclic) bond motifs is 3. The van der Waals surface area contributed by atoms with Crippen molar-refractivity contribution in [1.29, 1.82) is 0 Å². The number of nitrogens with one attached hydrogen (secondary N) is 1. The first-order valence-corrected chi connectivity index (χ1v) is 11.7. The molecule has 3 aliphatic rings. The maximum absolute atomic E-state index is 5.50. The molecule has 154 valence electrons. The third-order valence-electron chi connectivity index (χ3n) is 6.64. The summed E-state index contributed by atoms with van der Waals surface area (Å²) in [7, 11) is 3.50. The van der Waals surface area contributed by atoms with E-state index in [1.54, 1.807) is 19.8 Å². The van der Waals surface area contributed by atoms with Gasteiger partial charge in [-0.2, -0.15) is 0 Å². The number of hydrogen-bond acceptors (Lipinski definition) is 5. The molecule has 2 aromatic carbocycles. The Hall–Kier alpha value is -1.69. The van der Waals surface area contributed by atoms with Crippen LogP contribution in [0.25, 0.3) is 11.1 Å². The lowest BCUT2D eigenvalue weighted by Gasteiger charge is -2.33. The first kappa shape index (κ1) is 19.3. The van der Waals surface area contributed by atoms with Crippen LogP contribution in [0.5, 0.6) is 5.75 Å². The van der Waals surface area contributed by atoms with Crippen LogP contribution >= 0.6 is 11.8 Å². The van der Waals surface area contributed by atoms with Crippen LogP contribution in [0.15, 0.2) is 35.2 Å². The zero-order valence-electron chi connectivity index (χ0n) is 17.4. The monoisotopic (exact) mass is 410 g/mol. The molecular formula is C24H30N2O2S. The lowest BCUT2D eigenvalue weighted by atomic mass is 9.88. The van der Waals surface area contributed by atoms with E-state index in [4.69, 9.17) is 9.47 Å². The topological polar surface area (TPSA) is 33.7 Å². The number of benzene rings is 2. The van der Waals surface area contributed by atoms with Crippen molar-refractivity contribution in [3.05, 3.63) is 41.5 Å². The van der Waals surface area contributed by atoms with E-state index in [0.29, 0.717) is 12.0 Å². The normalized spacial score (nSPS) is 22.8. The van der Waals surface area contributed by atoms with Crippen molar-refractivity contribution < 1.29 is 9.47 Å². The largest absolute Gasteiger partial charge is 0.497 e. The summed E-state index contributed by atoms with van der Waals surface area (Å²) >= 11 is 2.04. The summed E-state index contributed by atoms with van der Waals surface area (Å²) in [5, 5.41) is 3.64. The van der Waals surface area contributed by atoms with E-state index in [1.807, 2.05) is 11.8 Å². The van der Waals surface area contributed by atoms with Gasteiger partial charge in [-0.15, -0.1) is 11.8 Å². The van der Waals surface area contributed by atoms with E-state index in [1.165, 1.54) is 52.4 Å². The number of piperidine rings is 1. The van der Waals surface area contributed by atoms with Crippen molar-refractivity contribution >= 4 is 17.4 Å². The molecule has 3 heterocycles. The fourth-order valence-electron chi connectivity index (χ4n) is 5.28. The molecule has 0 bridgehead atoms. The second-order valence-corrected chi connectivity index (χ2v) is 9.38. The highest BCUT2D eigenvalue weighted by molar-refractivity contribution is 7.99. The molecule has 5 heteroatoms. The van der Waals surface area contributed by atoms with E-state index in [2.05, 4.69) is 40.5 Å². The third kappa shape index (κ3) is 3.43. The molecule has 0 unspecified atom stereocenters. The average Bonchev–Trinajstić information content (AvgIpc) is 2.92. The van der Waals surface area contributed by atoms with Crippen LogP contribution in [-0.2, 0) is 11.2 Å². The fourth-order valence-corrected chi connectivity index (χ4v) is 6.35. The van der Waals surface area contributed by atoms with Gasteiger partial charge in [0.15, 0.2) is 0 Å². The zero-order chi connectivity index (χ0) is 19.8. The molecule has 1 fully saturated rings. The molecule has 0 radical (unpaired) electrons. The Balaban J connectivity index is 1.63. The Morgan fingerprint density at radius 1 is 1.21 bits per heavy atom. The van der Waals surface area contributed by atoms with Gasteiger partial charge in [0, 0.05) is 37.1 Å². The molecule has 1 N–H and O–H groups in total. The third-order valence-corrected chi connectivity index (χ3v) is 7.75. The van der Waals surface area contributed by atoms with Gasteiger partial charge in [0.2, 0.25) is 0 Å². The minimum atomic E-state index is 0.608. The van der Waals surface area contributed by atoms with Crippen molar-refractivity contribution in [1.82, 2.24) is 5.32 Å². The standard InChI is InChI=1S/C24H30N2O2S/c1-27-10-7-16-12-18(28-2)4-5-19(16)17-13-20-21-15-25-8-6-22(21)26-9-3-11-29-23(14-17)24(20)26/h4-5,12-14,21-22,25H,3,6-11,15H2,1-2H3/t21-,22-/m0/s1. The highest BCUT2D eigenvalue weighted by atomic mass is 32.2. The van der Waals surface area contributed by atoms with E-state index in [-0.39, 0.29) is 0 Å². The van der Waals surface area contributed by atoms with E-state index in [0.717, 1.165) is 31.9 Å². The van der Waals surface area contributed by atoms with Gasteiger partial charge in [0.25, 0.3) is 0 Å². The van der Waals surface area contributed by atoms with Crippen molar-refractivity contribution in [3.63, 3.8) is 0 Å². The first-order valence-electron chi connectivity index (χ1n) is 10.7. The van der Waals surface area contributed by atoms with Crippen molar-refractivity contribution in [2.24, 2.45) is 0 Å². The number of methoxy groups -OCH3 is 2. The number of rotatable bonds is 5. The predicted molar refractivity (Wildman–Crippen MR) is 121 cm³/mol. The summed E-state index contributed by atoms with van der Waals surface area (Å²) in [5.74, 6) is 2.73. The maximum atomic E-state index is 5.50. The summed E-state index contributed by atoms with van der Waals surface area (Å²) < 4.78 is 10.9. The van der Waals surface area contributed by atoms with Crippen molar-refractivity contribution in [3.8, 4) is 16.9 Å². The van der Waals surface area contributed by atoms with Gasteiger partial charge in [-0.3, -0.25) is 0 Å². The molecule has 0 aromatic heterocycles. The Morgan fingerprint density at radius 2 is 2.14 bits per heavy atom. The Bertz CT molecular complexity index is 901. The van der Waals surface area contributed by atoms with Gasteiger partial charge in [-0.1, -0.05) is 6.07 Å². The number of hydrogen-bond donors (Lipinski definition) is 1. The Morgan fingerprint density at radius 3 is 3.00 bits per heavy atom. The number of anilines is 1. The lowest BCUT2D eigenvalue weighted by molar-refractivity contribution is 0.202.